The lowest BCUT2D eigenvalue weighted by molar-refractivity contribution is -0.152. The van der Waals surface area contributed by atoms with E-state index in [0.29, 0.717) is 18.6 Å². The molecule has 3 fully saturated rings. The Morgan fingerprint density at radius 1 is 1.36 bits per heavy atom. The van der Waals surface area contributed by atoms with Gasteiger partial charge in [0.05, 0.1) is 23.3 Å². The molecule has 6 heteroatoms. The van der Waals surface area contributed by atoms with Crippen LogP contribution in [0.4, 0.5) is 0 Å². The standard InChI is InChI=1S/C19H23N3O3/c1-17-5-4-11-8-12-9-14(23)13(21-22-20)10-18(12)6-7-19(11,25-18)15(17)2-3-16(17)24/h8-9,13-15,23H,2-7,10H2,1H3/t13-,14-,15+,17-,18+,19+/m0/s1. The van der Waals surface area contributed by atoms with Crippen molar-refractivity contribution in [1.29, 1.82) is 0 Å². The SMILES string of the molecule is C[C@]12CCC3=CC4=C[C@H](O)[C@@H](N=[N+]=[N-])C[C@]45CC[C@]3(O5)[C@@H]1CCC2=O. The van der Waals surface area contributed by atoms with Gasteiger partial charge in [-0.05, 0) is 61.3 Å². The molecule has 2 bridgehead atoms. The van der Waals surface area contributed by atoms with E-state index in [1.54, 1.807) is 0 Å². The summed E-state index contributed by atoms with van der Waals surface area (Å²) in [5.74, 6) is 0.640. The number of hydrogen-bond acceptors (Lipinski definition) is 4. The molecule has 0 amide bonds. The summed E-state index contributed by atoms with van der Waals surface area (Å²) >= 11 is 0. The van der Waals surface area contributed by atoms with Gasteiger partial charge in [-0.2, -0.15) is 0 Å². The highest BCUT2D eigenvalue weighted by molar-refractivity contribution is 5.87. The molecule has 2 aliphatic heterocycles. The van der Waals surface area contributed by atoms with E-state index >= 15 is 0 Å². The lowest BCUT2D eigenvalue weighted by Crippen LogP contribution is -2.55. The Morgan fingerprint density at radius 2 is 2.20 bits per heavy atom. The lowest BCUT2D eigenvalue weighted by atomic mass is 9.59. The summed E-state index contributed by atoms with van der Waals surface area (Å²) in [4.78, 5) is 15.5. The van der Waals surface area contributed by atoms with Crippen molar-refractivity contribution in [2.24, 2.45) is 16.4 Å². The topological polar surface area (TPSA) is 95.3 Å². The van der Waals surface area contributed by atoms with Gasteiger partial charge in [0.15, 0.2) is 0 Å². The van der Waals surface area contributed by atoms with Crippen LogP contribution in [0.3, 0.4) is 0 Å². The maximum atomic E-state index is 12.6. The minimum Gasteiger partial charge on any atom is -0.389 e. The highest BCUT2D eigenvalue weighted by Gasteiger charge is 2.67. The Bertz CT molecular complexity index is 783. The minimum absolute atomic E-state index is 0.248. The average molecular weight is 341 g/mol. The molecular weight excluding hydrogens is 318 g/mol. The van der Waals surface area contributed by atoms with Gasteiger partial charge in [-0.15, -0.1) is 0 Å². The van der Waals surface area contributed by atoms with Crippen molar-refractivity contribution in [2.45, 2.75) is 75.2 Å². The van der Waals surface area contributed by atoms with Crippen LogP contribution >= 0.6 is 0 Å². The van der Waals surface area contributed by atoms with Crippen LogP contribution in [0.25, 0.3) is 10.4 Å². The van der Waals surface area contributed by atoms with E-state index in [1.165, 1.54) is 5.57 Å². The first-order valence-electron chi connectivity index (χ1n) is 9.33. The van der Waals surface area contributed by atoms with Gasteiger partial charge in [-0.25, -0.2) is 0 Å². The number of carbonyl (C=O) groups is 1. The third-order valence-electron chi connectivity index (χ3n) is 7.70. The Labute approximate surface area is 146 Å². The van der Waals surface area contributed by atoms with Crippen molar-refractivity contribution in [2.75, 3.05) is 0 Å². The normalized spacial score (nSPS) is 50.2. The third-order valence-corrected chi connectivity index (χ3v) is 7.70. The van der Waals surface area contributed by atoms with Gasteiger partial charge in [-0.3, -0.25) is 4.79 Å². The summed E-state index contributed by atoms with van der Waals surface area (Å²) < 4.78 is 6.85. The van der Waals surface area contributed by atoms with Crippen LogP contribution in [-0.2, 0) is 9.53 Å². The molecule has 0 aromatic carbocycles. The highest BCUT2D eigenvalue weighted by Crippen LogP contribution is 2.66. The zero-order valence-electron chi connectivity index (χ0n) is 14.4. The van der Waals surface area contributed by atoms with E-state index in [9.17, 15) is 9.90 Å². The first-order valence-corrected chi connectivity index (χ1v) is 9.33. The number of Topliss-reactive ketones (excluding diaryl/α,β-unsaturated/α-hetero) is 1. The monoisotopic (exact) mass is 341 g/mol. The van der Waals surface area contributed by atoms with Gasteiger partial charge in [0.25, 0.3) is 0 Å². The molecule has 0 radical (unpaired) electrons. The first kappa shape index (κ1) is 15.6. The zero-order chi connectivity index (χ0) is 17.4. The molecule has 1 N–H and O–H groups in total. The maximum Gasteiger partial charge on any atom is 0.139 e. The lowest BCUT2D eigenvalue weighted by Gasteiger charge is -2.53. The molecular formula is C19H23N3O3. The number of rotatable bonds is 1. The van der Waals surface area contributed by atoms with E-state index in [-0.39, 0.29) is 16.9 Å². The van der Waals surface area contributed by atoms with Gasteiger partial charge >= 0.3 is 0 Å². The van der Waals surface area contributed by atoms with E-state index in [4.69, 9.17) is 10.3 Å². The molecule has 0 aromatic heterocycles. The summed E-state index contributed by atoms with van der Waals surface area (Å²) in [6, 6.07) is -0.487. The van der Waals surface area contributed by atoms with Crippen molar-refractivity contribution in [3.05, 3.63) is 33.7 Å². The molecule has 6 nitrogen and oxygen atoms in total. The highest BCUT2D eigenvalue weighted by atomic mass is 16.5. The fraction of sp³-hybridized carbons (Fsp3) is 0.737. The van der Waals surface area contributed by atoms with Crippen LogP contribution in [0.15, 0.2) is 28.4 Å². The van der Waals surface area contributed by atoms with Crippen LogP contribution < -0.4 is 0 Å². The second-order valence-corrected chi connectivity index (χ2v) is 8.68. The number of hydrogen-bond donors (Lipinski definition) is 1. The maximum absolute atomic E-state index is 12.6. The van der Waals surface area contributed by atoms with Gasteiger partial charge in [-0.1, -0.05) is 18.1 Å². The van der Waals surface area contributed by atoms with Crippen molar-refractivity contribution in [3.63, 3.8) is 0 Å². The van der Waals surface area contributed by atoms with Gasteiger partial charge in [0, 0.05) is 22.7 Å². The van der Waals surface area contributed by atoms with Crippen LogP contribution in [0.2, 0.25) is 0 Å². The largest absolute Gasteiger partial charge is 0.389 e. The molecule has 0 aromatic rings. The number of ketones is 1. The second kappa shape index (κ2) is 4.76. The second-order valence-electron chi connectivity index (χ2n) is 8.68. The van der Waals surface area contributed by atoms with E-state index < -0.39 is 17.7 Å². The van der Waals surface area contributed by atoms with Crippen LogP contribution in [0, 0.1) is 11.3 Å². The molecule has 2 saturated carbocycles. The number of aliphatic hydroxyl groups excluding tert-OH is 1. The summed E-state index contributed by atoms with van der Waals surface area (Å²) in [5.41, 5.74) is 10.1. The summed E-state index contributed by atoms with van der Waals surface area (Å²) in [5, 5.41) is 14.1. The average Bonchev–Trinajstić information content (AvgIpc) is 3.06. The molecule has 2 spiro atoms. The molecule has 6 atom stereocenters. The Balaban J connectivity index is 1.62. The number of fused-ring (bicyclic) bond motifs is 1. The molecule has 25 heavy (non-hydrogen) atoms. The van der Waals surface area contributed by atoms with Crippen LogP contribution in [0.1, 0.15) is 51.9 Å². The summed E-state index contributed by atoms with van der Waals surface area (Å²) in [7, 11) is 0. The number of ether oxygens (including phenoxy) is 1. The number of azide groups is 1. The van der Waals surface area contributed by atoms with Crippen LogP contribution in [-0.4, -0.2) is 34.2 Å². The number of aliphatic hydroxyl groups is 1. The molecule has 0 unspecified atom stereocenters. The van der Waals surface area contributed by atoms with Crippen LogP contribution in [0.5, 0.6) is 0 Å². The van der Waals surface area contributed by atoms with Gasteiger partial charge < -0.3 is 9.84 Å². The number of nitrogens with zero attached hydrogens (tertiary/aromatic N) is 3. The fourth-order valence-electron chi connectivity index (χ4n) is 6.38. The molecule has 5 rings (SSSR count). The first-order chi connectivity index (χ1) is 11.9. The molecule has 5 aliphatic rings. The van der Waals surface area contributed by atoms with E-state index in [2.05, 4.69) is 23.0 Å². The Kier molecular flexibility index (Phi) is 2.97. The predicted molar refractivity (Wildman–Crippen MR) is 90.6 cm³/mol. The van der Waals surface area contributed by atoms with Crippen molar-refractivity contribution >= 4 is 5.78 Å². The smallest absolute Gasteiger partial charge is 0.139 e. The third kappa shape index (κ3) is 1.77. The Hall–Kier alpha value is -1.62. The Morgan fingerprint density at radius 3 is 3.00 bits per heavy atom. The predicted octanol–water partition coefficient (Wildman–Crippen LogP) is 3.36. The molecule has 132 valence electrons. The van der Waals surface area contributed by atoms with E-state index in [0.717, 1.165) is 37.7 Å². The summed E-state index contributed by atoms with van der Waals surface area (Å²) in [6.45, 7) is 2.13. The summed E-state index contributed by atoms with van der Waals surface area (Å²) in [6.07, 6.45) is 8.96. The molecule has 1 saturated heterocycles. The van der Waals surface area contributed by atoms with Crippen molar-refractivity contribution < 1.29 is 14.6 Å². The van der Waals surface area contributed by atoms with Crippen molar-refractivity contribution in [3.8, 4) is 0 Å². The van der Waals surface area contributed by atoms with E-state index in [1.807, 2.05) is 6.08 Å². The fourth-order valence-corrected chi connectivity index (χ4v) is 6.38. The quantitative estimate of drug-likeness (QED) is 0.450. The zero-order valence-corrected chi connectivity index (χ0v) is 14.4. The minimum atomic E-state index is -0.757. The molecule has 3 aliphatic carbocycles. The van der Waals surface area contributed by atoms with Crippen molar-refractivity contribution in [1.82, 2.24) is 0 Å². The number of carbonyl (C=O) groups excluding carboxylic acids is 1. The van der Waals surface area contributed by atoms with Gasteiger partial charge in [0.1, 0.15) is 5.78 Å². The molecule has 2 heterocycles. The van der Waals surface area contributed by atoms with Gasteiger partial charge in [0.2, 0.25) is 0 Å².